The summed E-state index contributed by atoms with van der Waals surface area (Å²) < 4.78 is 77.5. The summed E-state index contributed by atoms with van der Waals surface area (Å²) in [5, 5.41) is 14.4. The van der Waals surface area contributed by atoms with Crippen LogP contribution in [-0.2, 0) is 18.9 Å². The van der Waals surface area contributed by atoms with Gasteiger partial charge in [0.2, 0.25) is 0 Å². The quantitative estimate of drug-likeness (QED) is 0.464. The zero-order chi connectivity index (χ0) is 22.1. The summed E-state index contributed by atoms with van der Waals surface area (Å²) in [7, 11) is 0. The first kappa shape index (κ1) is 22.3. The third kappa shape index (κ3) is 5.21. The molecule has 160 valence electrons. The molecule has 0 aliphatic heterocycles. The zero-order valence-corrected chi connectivity index (χ0v) is 16.5. The monoisotopic (exact) mass is 465 g/mol. The maximum atomic E-state index is 12.9. The summed E-state index contributed by atoms with van der Waals surface area (Å²) >= 11 is 2.53. The minimum Gasteiger partial charge on any atom is -0.382 e. The highest BCUT2D eigenvalue weighted by molar-refractivity contribution is 7.12. The van der Waals surface area contributed by atoms with Gasteiger partial charge in [-0.1, -0.05) is 6.07 Å². The van der Waals surface area contributed by atoms with Crippen molar-refractivity contribution < 1.29 is 36.2 Å². The number of rotatable bonds is 5. The summed E-state index contributed by atoms with van der Waals surface area (Å²) in [5.41, 5.74) is -3.85. The molecule has 0 aliphatic carbocycles. The summed E-state index contributed by atoms with van der Waals surface area (Å²) in [4.78, 5) is 14.1. The van der Waals surface area contributed by atoms with Crippen molar-refractivity contribution >= 4 is 28.6 Å². The second-order valence-electron chi connectivity index (χ2n) is 6.20. The van der Waals surface area contributed by atoms with E-state index >= 15 is 0 Å². The molecule has 3 nitrogen and oxygen atoms in total. The Kier molecular flexibility index (Phi) is 6.25. The number of carbonyl (C=O) groups is 1. The van der Waals surface area contributed by atoms with Gasteiger partial charge in [-0.15, -0.1) is 22.7 Å². The Hall–Kier alpha value is -2.37. The van der Waals surface area contributed by atoms with Crippen LogP contribution in [0.25, 0.3) is 0 Å². The van der Waals surface area contributed by atoms with Crippen molar-refractivity contribution in [2.24, 2.45) is 0 Å². The topological polar surface area (TPSA) is 49.3 Å². The minimum absolute atomic E-state index is 0.0334. The van der Waals surface area contributed by atoms with E-state index < -0.39 is 41.1 Å². The number of aliphatic hydroxyl groups is 1. The molecule has 0 aliphatic rings. The zero-order valence-electron chi connectivity index (χ0n) is 14.8. The van der Waals surface area contributed by atoms with Crippen LogP contribution in [0.15, 0.2) is 47.8 Å². The average Bonchev–Trinajstić information content (AvgIpc) is 3.36. The van der Waals surface area contributed by atoms with E-state index in [2.05, 4.69) is 5.32 Å². The van der Waals surface area contributed by atoms with E-state index in [0.717, 1.165) is 4.88 Å². The Morgan fingerprint density at radius 3 is 2.13 bits per heavy atom. The fourth-order valence-corrected chi connectivity index (χ4v) is 4.34. The number of halogens is 6. The van der Waals surface area contributed by atoms with Crippen molar-refractivity contribution in [1.29, 1.82) is 0 Å². The first-order valence-corrected chi connectivity index (χ1v) is 10.0. The van der Waals surface area contributed by atoms with Crippen LogP contribution in [0.4, 0.5) is 26.3 Å². The number of alkyl halides is 6. The van der Waals surface area contributed by atoms with Gasteiger partial charge in [0.15, 0.2) is 0 Å². The van der Waals surface area contributed by atoms with Crippen LogP contribution >= 0.6 is 22.7 Å². The molecule has 11 heteroatoms. The van der Waals surface area contributed by atoms with Gasteiger partial charge in [-0.2, -0.15) is 26.3 Å². The lowest BCUT2D eigenvalue weighted by molar-refractivity contribution is -0.143. The van der Waals surface area contributed by atoms with Crippen molar-refractivity contribution in [3.63, 3.8) is 0 Å². The molecule has 0 radical (unpaired) electrons. The molecule has 0 fully saturated rings. The molecule has 1 unspecified atom stereocenters. The van der Waals surface area contributed by atoms with Crippen LogP contribution in [0.1, 0.15) is 42.2 Å². The maximum absolute atomic E-state index is 12.9. The molecule has 1 aromatic carbocycles. The van der Waals surface area contributed by atoms with Crippen LogP contribution in [0.2, 0.25) is 0 Å². The maximum Gasteiger partial charge on any atom is 0.416 e. The molecule has 1 amide bonds. The fourth-order valence-electron chi connectivity index (χ4n) is 2.58. The number of hydrogen-bond acceptors (Lipinski definition) is 4. The molecule has 30 heavy (non-hydrogen) atoms. The largest absolute Gasteiger partial charge is 0.416 e. The minimum atomic E-state index is -5.03. The highest BCUT2D eigenvalue weighted by atomic mass is 32.1. The normalized spacial score (nSPS) is 13.3. The van der Waals surface area contributed by atoms with Gasteiger partial charge >= 0.3 is 12.4 Å². The van der Waals surface area contributed by atoms with Crippen LogP contribution < -0.4 is 5.32 Å². The lowest BCUT2D eigenvalue weighted by Crippen LogP contribution is -2.24. The lowest BCUT2D eigenvalue weighted by atomic mass is 10.0. The highest BCUT2D eigenvalue weighted by Gasteiger charge is 2.37. The van der Waals surface area contributed by atoms with Crippen molar-refractivity contribution in [3.05, 3.63) is 79.2 Å². The lowest BCUT2D eigenvalue weighted by Gasteiger charge is -2.14. The van der Waals surface area contributed by atoms with Gasteiger partial charge in [-0.05, 0) is 41.8 Å². The molecule has 3 aromatic rings. The Morgan fingerprint density at radius 2 is 1.60 bits per heavy atom. The summed E-state index contributed by atoms with van der Waals surface area (Å²) in [6, 6.07) is 7.52. The number of aliphatic hydroxyl groups excluding tert-OH is 1. The molecule has 1 atom stereocenters. The Balaban J connectivity index is 1.75. The Labute approximate surface area is 174 Å². The van der Waals surface area contributed by atoms with E-state index in [1.54, 1.807) is 29.6 Å². The summed E-state index contributed by atoms with van der Waals surface area (Å²) in [6.45, 7) is -0.113. The molecular weight excluding hydrogens is 452 g/mol. The molecular formula is C19H13F6NO2S2. The predicted molar refractivity (Wildman–Crippen MR) is 100 cm³/mol. The number of carbonyl (C=O) groups excluding carboxylic acids is 1. The van der Waals surface area contributed by atoms with Crippen LogP contribution in [0.3, 0.4) is 0 Å². The molecule has 0 spiro atoms. The van der Waals surface area contributed by atoms with Crippen LogP contribution in [-0.4, -0.2) is 11.0 Å². The Morgan fingerprint density at radius 1 is 0.967 bits per heavy atom. The SMILES string of the molecule is O=C(NCc1ccc(C(O)c2cccs2)s1)c1cc(C(F)(F)F)cc(C(F)(F)F)c1. The van der Waals surface area contributed by atoms with E-state index in [4.69, 9.17) is 0 Å². The van der Waals surface area contributed by atoms with Gasteiger partial charge < -0.3 is 10.4 Å². The fraction of sp³-hybridized carbons (Fsp3) is 0.211. The number of nitrogens with one attached hydrogen (secondary N) is 1. The first-order chi connectivity index (χ1) is 13.9. The van der Waals surface area contributed by atoms with Gasteiger partial charge in [0.25, 0.3) is 5.91 Å². The highest BCUT2D eigenvalue weighted by Crippen LogP contribution is 2.36. The molecule has 2 N–H and O–H groups in total. The molecule has 0 saturated heterocycles. The molecule has 0 bridgehead atoms. The van der Waals surface area contributed by atoms with Gasteiger partial charge in [0.1, 0.15) is 6.10 Å². The first-order valence-electron chi connectivity index (χ1n) is 8.33. The average molecular weight is 465 g/mol. The van der Waals surface area contributed by atoms with Gasteiger partial charge in [0.05, 0.1) is 17.7 Å². The van der Waals surface area contributed by atoms with E-state index in [-0.39, 0.29) is 12.6 Å². The van der Waals surface area contributed by atoms with Gasteiger partial charge in [0, 0.05) is 20.2 Å². The number of amides is 1. The van der Waals surface area contributed by atoms with Crippen molar-refractivity contribution in [2.45, 2.75) is 25.0 Å². The predicted octanol–water partition coefficient (Wildman–Crippen LogP) is 5.86. The molecule has 0 saturated carbocycles. The standard InChI is InChI=1S/C19H13F6NO2S2/c20-18(21,22)11-6-10(7-12(8-11)19(23,24)25)17(28)26-9-13-3-4-15(30-13)16(27)14-2-1-5-29-14/h1-8,16,27H,9H2,(H,26,28). The second-order valence-corrected chi connectivity index (χ2v) is 8.38. The Bertz CT molecular complexity index is 992. The third-order valence-electron chi connectivity index (χ3n) is 4.04. The number of thiophene rings is 2. The number of benzene rings is 1. The van der Waals surface area contributed by atoms with Crippen molar-refractivity contribution in [2.75, 3.05) is 0 Å². The smallest absolute Gasteiger partial charge is 0.382 e. The van der Waals surface area contributed by atoms with Crippen molar-refractivity contribution in [3.8, 4) is 0 Å². The van der Waals surface area contributed by atoms with Crippen LogP contribution in [0.5, 0.6) is 0 Å². The number of hydrogen-bond donors (Lipinski definition) is 2. The second kappa shape index (κ2) is 8.40. The van der Waals surface area contributed by atoms with Crippen LogP contribution in [0, 0.1) is 0 Å². The molecule has 2 aromatic heterocycles. The van der Waals surface area contributed by atoms with Crippen molar-refractivity contribution in [1.82, 2.24) is 5.32 Å². The molecule has 3 rings (SSSR count). The van der Waals surface area contributed by atoms with E-state index in [1.807, 2.05) is 0 Å². The summed E-state index contributed by atoms with van der Waals surface area (Å²) in [5.74, 6) is -1.07. The summed E-state index contributed by atoms with van der Waals surface area (Å²) in [6.07, 6.45) is -10.9. The van der Waals surface area contributed by atoms with E-state index in [1.165, 1.54) is 22.7 Å². The third-order valence-corrected chi connectivity index (χ3v) is 6.10. The molecule has 2 heterocycles. The van der Waals surface area contributed by atoms with E-state index in [9.17, 15) is 36.2 Å². The van der Waals surface area contributed by atoms with Gasteiger partial charge in [-0.25, -0.2) is 0 Å². The van der Waals surface area contributed by atoms with E-state index in [0.29, 0.717) is 21.9 Å². The van der Waals surface area contributed by atoms with Gasteiger partial charge in [-0.3, -0.25) is 4.79 Å².